The summed E-state index contributed by atoms with van der Waals surface area (Å²) >= 11 is 3.30. The minimum Gasteiger partial charge on any atom is -0.267 e. The lowest BCUT2D eigenvalue weighted by Gasteiger charge is -2.18. The highest BCUT2D eigenvalue weighted by atomic mass is 32.2. The van der Waals surface area contributed by atoms with Gasteiger partial charge in [-0.2, -0.15) is 4.68 Å². The lowest BCUT2D eigenvalue weighted by atomic mass is 9.89. The first-order valence-corrected chi connectivity index (χ1v) is 10.7. The van der Waals surface area contributed by atoms with Crippen molar-refractivity contribution < 1.29 is 0 Å². The van der Waals surface area contributed by atoms with Gasteiger partial charge in [-0.3, -0.25) is 4.79 Å². The molecule has 1 aliphatic carbocycles. The molecule has 0 bridgehead atoms. The molecule has 5 rings (SSSR count). The van der Waals surface area contributed by atoms with Crippen LogP contribution < -0.4 is 5.56 Å². The first kappa shape index (κ1) is 16.8. The van der Waals surface area contributed by atoms with Gasteiger partial charge in [0.2, 0.25) is 0 Å². The van der Waals surface area contributed by atoms with Crippen molar-refractivity contribution in [2.45, 2.75) is 37.1 Å². The minimum absolute atomic E-state index is 0.125. The maximum absolute atomic E-state index is 12.6. The Morgan fingerprint density at radius 3 is 3.11 bits per heavy atom. The number of thiophene rings is 1. The molecule has 27 heavy (non-hydrogen) atoms. The average molecular weight is 396 g/mol. The van der Waals surface area contributed by atoms with Gasteiger partial charge in [0.1, 0.15) is 21.7 Å². The van der Waals surface area contributed by atoms with E-state index >= 15 is 0 Å². The highest BCUT2D eigenvalue weighted by Crippen LogP contribution is 2.40. The Morgan fingerprint density at radius 2 is 2.19 bits per heavy atom. The van der Waals surface area contributed by atoms with E-state index in [2.05, 4.69) is 27.2 Å². The molecule has 0 radical (unpaired) electrons. The Bertz CT molecular complexity index is 1220. The van der Waals surface area contributed by atoms with E-state index in [4.69, 9.17) is 0 Å². The second kappa shape index (κ2) is 6.69. The van der Waals surface area contributed by atoms with Crippen LogP contribution in [0.5, 0.6) is 0 Å². The summed E-state index contributed by atoms with van der Waals surface area (Å²) in [5.41, 5.74) is 1.89. The highest BCUT2D eigenvalue weighted by Gasteiger charge is 2.23. The maximum Gasteiger partial charge on any atom is 0.278 e. The molecule has 4 aromatic rings. The van der Waals surface area contributed by atoms with Crippen LogP contribution in [0.15, 0.2) is 40.4 Å². The zero-order chi connectivity index (χ0) is 18.4. The van der Waals surface area contributed by atoms with Gasteiger partial charge in [-0.1, -0.05) is 36.0 Å². The van der Waals surface area contributed by atoms with E-state index in [0.29, 0.717) is 16.8 Å². The molecular weight excluding hydrogens is 378 g/mol. The van der Waals surface area contributed by atoms with Crippen molar-refractivity contribution in [3.8, 4) is 0 Å². The number of fused-ring (bicyclic) bond motifs is 4. The number of rotatable bonds is 3. The van der Waals surface area contributed by atoms with E-state index < -0.39 is 0 Å². The third-order valence-electron chi connectivity index (χ3n) is 5.01. The fraction of sp³-hybridized carbons (Fsp3) is 0.316. The second-order valence-electron chi connectivity index (χ2n) is 6.90. The van der Waals surface area contributed by atoms with E-state index in [-0.39, 0.29) is 5.56 Å². The molecule has 136 valence electrons. The van der Waals surface area contributed by atoms with Crippen molar-refractivity contribution in [1.82, 2.24) is 25.0 Å². The molecule has 0 aliphatic heterocycles. The molecule has 1 atom stereocenters. The number of thioether (sulfide) groups is 1. The van der Waals surface area contributed by atoms with Gasteiger partial charge in [-0.15, -0.1) is 16.4 Å². The highest BCUT2D eigenvalue weighted by molar-refractivity contribution is 7.98. The lowest BCUT2D eigenvalue weighted by molar-refractivity contribution is 0.509. The summed E-state index contributed by atoms with van der Waals surface area (Å²) in [5, 5.41) is 10.9. The van der Waals surface area contributed by atoms with E-state index in [9.17, 15) is 4.79 Å². The zero-order valence-corrected chi connectivity index (χ0v) is 16.4. The van der Waals surface area contributed by atoms with E-state index in [0.717, 1.165) is 34.0 Å². The van der Waals surface area contributed by atoms with Gasteiger partial charge in [0.25, 0.3) is 5.56 Å². The number of aromatic nitrogens is 5. The first-order valence-electron chi connectivity index (χ1n) is 8.91. The third-order valence-corrected chi connectivity index (χ3v) is 7.13. The van der Waals surface area contributed by atoms with Gasteiger partial charge in [0.15, 0.2) is 0 Å². The van der Waals surface area contributed by atoms with Gasteiger partial charge in [0, 0.05) is 10.3 Å². The zero-order valence-electron chi connectivity index (χ0n) is 14.8. The Balaban J connectivity index is 1.51. The quantitative estimate of drug-likeness (QED) is 0.389. The van der Waals surface area contributed by atoms with Crippen LogP contribution in [0, 0.1) is 5.92 Å². The minimum atomic E-state index is -0.125. The van der Waals surface area contributed by atoms with Crippen LogP contribution in [0.2, 0.25) is 0 Å². The van der Waals surface area contributed by atoms with Crippen LogP contribution in [0.25, 0.3) is 21.1 Å². The van der Waals surface area contributed by atoms with E-state index in [1.807, 2.05) is 12.1 Å². The SMILES string of the molecule is C[C@@H]1CCc2c(sc3ncnc(SCn4nnc5ccccc5c4=O)c23)C1. The monoisotopic (exact) mass is 395 g/mol. The predicted octanol–water partition coefficient (Wildman–Crippen LogP) is 3.67. The largest absolute Gasteiger partial charge is 0.278 e. The Hall–Kier alpha value is -2.32. The standard InChI is InChI=1S/C19H17N5OS2/c1-11-6-7-13-15(8-11)27-18-16(13)17(20-9-21-18)26-10-24-19(25)12-4-2-3-5-14(12)22-23-24/h2-5,9,11H,6-8,10H2,1H3/t11-/m1/s1. The Kier molecular flexibility index (Phi) is 4.17. The van der Waals surface area contributed by atoms with Crippen LogP contribution >= 0.6 is 23.1 Å². The molecule has 0 saturated carbocycles. The van der Waals surface area contributed by atoms with Crippen molar-refractivity contribution in [3.63, 3.8) is 0 Å². The van der Waals surface area contributed by atoms with E-state index in [1.165, 1.54) is 33.3 Å². The molecule has 0 fully saturated rings. The first-order chi connectivity index (χ1) is 13.2. The summed E-state index contributed by atoms with van der Waals surface area (Å²) in [4.78, 5) is 24.1. The molecule has 0 saturated heterocycles. The summed E-state index contributed by atoms with van der Waals surface area (Å²) in [7, 11) is 0. The molecule has 1 aliphatic rings. The summed E-state index contributed by atoms with van der Waals surface area (Å²) in [6.07, 6.45) is 5.02. The van der Waals surface area contributed by atoms with Crippen molar-refractivity contribution in [2.24, 2.45) is 5.92 Å². The molecule has 0 unspecified atom stereocenters. The molecular formula is C19H17N5OS2. The molecule has 3 aromatic heterocycles. The second-order valence-corrected chi connectivity index (χ2v) is 8.91. The lowest BCUT2D eigenvalue weighted by Crippen LogP contribution is -2.23. The average Bonchev–Trinajstić information content (AvgIpc) is 3.05. The summed E-state index contributed by atoms with van der Waals surface area (Å²) < 4.78 is 1.40. The smallest absolute Gasteiger partial charge is 0.267 e. The van der Waals surface area contributed by atoms with Gasteiger partial charge in [0.05, 0.1) is 11.3 Å². The Morgan fingerprint density at radius 1 is 1.30 bits per heavy atom. The fourth-order valence-electron chi connectivity index (χ4n) is 3.59. The molecule has 0 N–H and O–H groups in total. The molecule has 0 amide bonds. The van der Waals surface area contributed by atoms with Crippen LogP contribution in [0.3, 0.4) is 0 Å². The molecule has 3 heterocycles. The fourth-order valence-corrected chi connectivity index (χ4v) is 5.90. The molecule has 6 nitrogen and oxygen atoms in total. The van der Waals surface area contributed by atoms with Gasteiger partial charge < -0.3 is 0 Å². The Labute approximate surface area is 163 Å². The summed E-state index contributed by atoms with van der Waals surface area (Å²) in [6, 6.07) is 7.28. The van der Waals surface area contributed by atoms with Gasteiger partial charge in [-0.25, -0.2) is 9.97 Å². The number of nitrogens with zero attached hydrogens (tertiary/aromatic N) is 5. The van der Waals surface area contributed by atoms with Crippen LogP contribution in [0.4, 0.5) is 0 Å². The van der Waals surface area contributed by atoms with Gasteiger partial charge >= 0.3 is 0 Å². The molecule has 8 heteroatoms. The number of hydrogen-bond acceptors (Lipinski definition) is 7. The predicted molar refractivity (Wildman–Crippen MR) is 108 cm³/mol. The van der Waals surface area contributed by atoms with Crippen LogP contribution in [0.1, 0.15) is 23.8 Å². The molecule has 1 aromatic carbocycles. The summed E-state index contributed by atoms with van der Waals surface area (Å²) in [6.45, 7) is 2.31. The summed E-state index contributed by atoms with van der Waals surface area (Å²) in [5.74, 6) is 1.10. The topological polar surface area (TPSA) is 73.6 Å². The number of aryl methyl sites for hydroxylation is 1. The maximum atomic E-state index is 12.6. The number of hydrogen-bond donors (Lipinski definition) is 0. The normalized spacial score (nSPS) is 16.7. The van der Waals surface area contributed by atoms with Crippen molar-refractivity contribution in [2.75, 3.05) is 0 Å². The van der Waals surface area contributed by atoms with Crippen molar-refractivity contribution >= 4 is 44.2 Å². The van der Waals surface area contributed by atoms with Gasteiger partial charge in [-0.05, 0) is 42.9 Å². The number of benzene rings is 1. The third kappa shape index (κ3) is 2.93. The van der Waals surface area contributed by atoms with Crippen molar-refractivity contribution in [3.05, 3.63) is 51.4 Å². The van der Waals surface area contributed by atoms with Crippen LogP contribution in [-0.4, -0.2) is 25.0 Å². The van der Waals surface area contributed by atoms with Crippen LogP contribution in [-0.2, 0) is 18.7 Å². The van der Waals surface area contributed by atoms with Crippen molar-refractivity contribution in [1.29, 1.82) is 0 Å². The van der Waals surface area contributed by atoms with E-state index in [1.54, 1.807) is 29.8 Å². The molecule has 0 spiro atoms.